The second-order valence-corrected chi connectivity index (χ2v) is 8.69. The highest BCUT2D eigenvalue weighted by Crippen LogP contribution is 2.39. The van der Waals surface area contributed by atoms with Crippen molar-refractivity contribution in [2.75, 3.05) is 0 Å². The summed E-state index contributed by atoms with van der Waals surface area (Å²) in [6.45, 7) is 1.84. The predicted molar refractivity (Wildman–Crippen MR) is 137 cm³/mol. The van der Waals surface area contributed by atoms with E-state index in [1.807, 2.05) is 25.1 Å². The number of aryl methyl sites for hydroxylation is 1. The molecule has 0 saturated heterocycles. The second kappa shape index (κ2) is 8.62. The van der Waals surface area contributed by atoms with E-state index in [0.29, 0.717) is 33.1 Å². The summed E-state index contributed by atoms with van der Waals surface area (Å²) in [5.74, 6) is 0.310. The lowest BCUT2D eigenvalue weighted by atomic mass is 10.1. The molecule has 8 heteroatoms. The fraction of sp³-hybridized carbons (Fsp3) is 0.0357. The van der Waals surface area contributed by atoms with Crippen molar-refractivity contribution in [3.8, 4) is 28.4 Å². The summed E-state index contributed by atoms with van der Waals surface area (Å²) in [5.41, 5.74) is 3.17. The van der Waals surface area contributed by atoms with Gasteiger partial charge in [0.05, 0.1) is 11.1 Å². The van der Waals surface area contributed by atoms with Gasteiger partial charge in [0.1, 0.15) is 23.5 Å². The Morgan fingerprint density at radius 1 is 1.00 bits per heavy atom. The highest BCUT2D eigenvalue weighted by Gasteiger charge is 2.20. The largest absolute Gasteiger partial charge is 0.438 e. The highest BCUT2D eigenvalue weighted by atomic mass is 35.5. The van der Waals surface area contributed by atoms with Crippen LogP contribution in [0.25, 0.3) is 38.8 Å². The Morgan fingerprint density at radius 3 is 2.61 bits per heavy atom. The predicted octanol–water partition coefficient (Wildman–Crippen LogP) is 7.09. The number of hydrogen-bond donors (Lipinski definition) is 0. The third-order valence-electron chi connectivity index (χ3n) is 5.95. The van der Waals surface area contributed by atoms with Gasteiger partial charge in [0.25, 0.3) is 0 Å². The Bertz CT molecular complexity index is 1830. The third-order valence-corrected chi connectivity index (χ3v) is 6.20. The van der Waals surface area contributed by atoms with Gasteiger partial charge in [-0.15, -0.1) is 0 Å². The van der Waals surface area contributed by atoms with Gasteiger partial charge < -0.3 is 9.15 Å². The standard InChI is InChI=1S/C28H17ClFN3O3/c1-16-12-25(34)36-24-13-19(10-11-20(16)24)35-28-26-21(17-6-8-18(29)9-7-17)14-33(27(26)31-15-32-28)23-5-3-2-4-22(23)30/h2-15H,1H3. The minimum absolute atomic E-state index is 0.273. The zero-order valence-electron chi connectivity index (χ0n) is 18.9. The Labute approximate surface area is 209 Å². The first-order valence-electron chi connectivity index (χ1n) is 11.1. The van der Waals surface area contributed by atoms with E-state index in [2.05, 4.69) is 9.97 Å². The monoisotopic (exact) mass is 497 g/mol. The molecule has 0 aliphatic carbocycles. The lowest BCUT2D eigenvalue weighted by Crippen LogP contribution is -1.99. The molecule has 0 fully saturated rings. The van der Waals surface area contributed by atoms with Gasteiger partial charge in [-0.3, -0.25) is 4.57 Å². The molecule has 0 bridgehead atoms. The molecule has 0 saturated carbocycles. The molecule has 0 unspecified atom stereocenters. The van der Waals surface area contributed by atoms with Crippen LogP contribution >= 0.6 is 11.6 Å². The van der Waals surface area contributed by atoms with Crippen molar-refractivity contribution in [2.45, 2.75) is 6.92 Å². The fourth-order valence-corrected chi connectivity index (χ4v) is 4.40. The van der Waals surface area contributed by atoms with Crippen LogP contribution in [0.3, 0.4) is 0 Å². The second-order valence-electron chi connectivity index (χ2n) is 8.26. The maximum Gasteiger partial charge on any atom is 0.336 e. The number of ether oxygens (including phenoxy) is 1. The Balaban J connectivity index is 1.56. The number of aromatic nitrogens is 3. The third kappa shape index (κ3) is 3.79. The van der Waals surface area contributed by atoms with Crippen LogP contribution in [0.15, 0.2) is 94.5 Å². The molecular formula is C28H17ClFN3O3. The van der Waals surface area contributed by atoms with Crippen molar-refractivity contribution in [3.63, 3.8) is 0 Å². The van der Waals surface area contributed by atoms with Gasteiger partial charge in [-0.05, 0) is 54.4 Å². The van der Waals surface area contributed by atoms with Crippen LogP contribution in [-0.2, 0) is 0 Å². The molecule has 3 heterocycles. The van der Waals surface area contributed by atoms with Crippen LogP contribution in [0.5, 0.6) is 11.6 Å². The van der Waals surface area contributed by atoms with Crippen molar-refractivity contribution in [2.24, 2.45) is 0 Å². The van der Waals surface area contributed by atoms with Gasteiger partial charge >= 0.3 is 5.63 Å². The number of rotatable bonds is 4. The molecule has 3 aromatic carbocycles. The summed E-state index contributed by atoms with van der Waals surface area (Å²) in [4.78, 5) is 20.7. The summed E-state index contributed by atoms with van der Waals surface area (Å²) < 4.78 is 28.0. The molecular weight excluding hydrogens is 481 g/mol. The summed E-state index contributed by atoms with van der Waals surface area (Å²) >= 11 is 6.11. The fourth-order valence-electron chi connectivity index (χ4n) is 4.27. The number of halogens is 2. The molecule has 0 N–H and O–H groups in total. The maximum atomic E-state index is 14.8. The molecule has 3 aromatic heterocycles. The van der Waals surface area contributed by atoms with E-state index in [4.69, 9.17) is 20.8 Å². The zero-order chi connectivity index (χ0) is 24.8. The average Bonchev–Trinajstić information content (AvgIpc) is 3.25. The number of hydrogen-bond acceptors (Lipinski definition) is 5. The first-order valence-corrected chi connectivity index (χ1v) is 11.4. The minimum atomic E-state index is -0.437. The molecule has 6 nitrogen and oxygen atoms in total. The number of nitrogens with zero attached hydrogens (tertiary/aromatic N) is 3. The van der Waals surface area contributed by atoms with Crippen LogP contribution in [0.4, 0.5) is 4.39 Å². The maximum absolute atomic E-state index is 14.8. The van der Waals surface area contributed by atoms with Gasteiger partial charge in [0, 0.05) is 34.3 Å². The first kappa shape index (κ1) is 22.0. The number of fused-ring (bicyclic) bond motifs is 2. The van der Waals surface area contributed by atoms with E-state index in [0.717, 1.165) is 22.1 Å². The first-order chi connectivity index (χ1) is 17.5. The molecule has 176 valence electrons. The van der Waals surface area contributed by atoms with Gasteiger partial charge in [-0.1, -0.05) is 35.9 Å². The Morgan fingerprint density at radius 2 is 1.81 bits per heavy atom. The number of para-hydroxylation sites is 1. The van der Waals surface area contributed by atoms with Gasteiger partial charge in [-0.25, -0.2) is 19.2 Å². The molecule has 0 aliphatic rings. The van der Waals surface area contributed by atoms with E-state index < -0.39 is 11.4 Å². The summed E-state index contributed by atoms with van der Waals surface area (Å²) in [6, 6.07) is 20.5. The van der Waals surface area contributed by atoms with Crippen molar-refractivity contribution in [1.29, 1.82) is 0 Å². The van der Waals surface area contributed by atoms with Crippen LogP contribution in [0.1, 0.15) is 5.56 Å². The smallest absolute Gasteiger partial charge is 0.336 e. The van der Waals surface area contributed by atoms with Gasteiger partial charge in [0.15, 0.2) is 5.65 Å². The lowest BCUT2D eigenvalue weighted by Gasteiger charge is -2.09. The molecule has 0 aliphatic heterocycles. The normalized spacial score (nSPS) is 11.3. The zero-order valence-corrected chi connectivity index (χ0v) is 19.7. The van der Waals surface area contributed by atoms with E-state index in [1.54, 1.807) is 53.2 Å². The van der Waals surface area contributed by atoms with Crippen LogP contribution in [0.2, 0.25) is 5.02 Å². The highest BCUT2D eigenvalue weighted by molar-refractivity contribution is 6.30. The Hall–Kier alpha value is -4.49. The Kier molecular flexibility index (Phi) is 5.27. The van der Waals surface area contributed by atoms with E-state index >= 15 is 0 Å². The van der Waals surface area contributed by atoms with E-state index in [-0.39, 0.29) is 5.88 Å². The molecule has 6 aromatic rings. The molecule has 0 radical (unpaired) electrons. The van der Waals surface area contributed by atoms with Gasteiger partial charge in [-0.2, -0.15) is 0 Å². The SMILES string of the molecule is Cc1cc(=O)oc2cc(Oc3ncnc4c3c(-c3ccc(Cl)cc3)cn4-c3ccccc3F)ccc12. The van der Waals surface area contributed by atoms with Crippen molar-refractivity contribution in [1.82, 2.24) is 14.5 Å². The van der Waals surface area contributed by atoms with Crippen LogP contribution < -0.4 is 10.4 Å². The molecule has 0 atom stereocenters. The van der Waals surface area contributed by atoms with Gasteiger partial charge in [0.2, 0.25) is 5.88 Å². The summed E-state index contributed by atoms with van der Waals surface area (Å²) in [5, 5.41) is 1.99. The molecule has 0 amide bonds. The molecule has 36 heavy (non-hydrogen) atoms. The quantitative estimate of drug-likeness (QED) is 0.243. The lowest BCUT2D eigenvalue weighted by molar-refractivity contribution is 0.466. The van der Waals surface area contributed by atoms with Crippen molar-refractivity contribution in [3.05, 3.63) is 112 Å². The summed E-state index contributed by atoms with van der Waals surface area (Å²) in [6.07, 6.45) is 3.17. The average molecular weight is 498 g/mol. The minimum Gasteiger partial charge on any atom is -0.438 e. The van der Waals surface area contributed by atoms with Crippen LogP contribution in [0, 0.1) is 12.7 Å². The topological polar surface area (TPSA) is 70.2 Å². The summed E-state index contributed by atoms with van der Waals surface area (Å²) in [7, 11) is 0. The molecule has 6 rings (SSSR count). The van der Waals surface area contributed by atoms with Crippen LogP contribution in [-0.4, -0.2) is 14.5 Å². The van der Waals surface area contributed by atoms with E-state index in [1.165, 1.54) is 18.5 Å². The molecule has 0 spiro atoms. The van der Waals surface area contributed by atoms with Crippen molar-refractivity contribution < 1.29 is 13.5 Å². The number of benzene rings is 3. The van der Waals surface area contributed by atoms with Crippen molar-refractivity contribution >= 4 is 33.6 Å². The van der Waals surface area contributed by atoms with E-state index in [9.17, 15) is 9.18 Å².